The van der Waals surface area contributed by atoms with E-state index in [9.17, 15) is 9.59 Å². The van der Waals surface area contributed by atoms with Crippen LogP contribution in [-0.4, -0.2) is 34.5 Å². The molecule has 0 unspecified atom stereocenters. The van der Waals surface area contributed by atoms with Gasteiger partial charge in [-0.05, 0) is 18.9 Å². The molecule has 1 saturated carbocycles. The van der Waals surface area contributed by atoms with Gasteiger partial charge in [-0.15, -0.1) is 0 Å². The Bertz CT molecular complexity index is 552. The molecule has 1 saturated heterocycles. The second kappa shape index (κ2) is 4.77. The number of hydrogen-bond acceptors (Lipinski definition) is 4. The maximum Gasteiger partial charge on any atom is 0.325 e. The fraction of sp³-hybridized carbons (Fsp3) is 0.500. The van der Waals surface area contributed by atoms with Crippen LogP contribution in [0.25, 0.3) is 0 Å². The van der Waals surface area contributed by atoms with Crippen LogP contribution in [-0.2, 0) is 11.3 Å². The third kappa shape index (κ3) is 1.83. The molecule has 1 aromatic rings. The number of methoxy groups -OCH3 is 1. The molecule has 2 fully saturated rings. The van der Waals surface area contributed by atoms with E-state index in [4.69, 9.17) is 4.74 Å². The molecule has 0 atom stereocenters. The Labute approximate surface area is 117 Å². The second-order valence-electron chi connectivity index (χ2n) is 5.26. The van der Waals surface area contributed by atoms with Gasteiger partial charge in [-0.3, -0.25) is 10.1 Å². The monoisotopic (exact) mass is 275 g/mol. The first-order chi connectivity index (χ1) is 9.67. The topological polar surface area (TPSA) is 71.5 Å². The molecule has 0 bridgehead atoms. The largest absolute Gasteiger partial charge is 0.481 e. The van der Waals surface area contributed by atoms with Crippen molar-refractivity contribution >= 4 is 11.9 Å². The lowest BCUT2D eigenvalue weighted by atomic mass is 9.95. The minimum Gasteiger partial charge on any atom is -0.481 e. The van der Waals surface area contributed by atoms with Gasteiger partial charge in [0.2, 0.25) is 5.88 Å². The lowest BCUT2D eigenvalue weighted by Crippen LogP contribution is -2.46. The van der Waals surface area contributed by atoms with Crippen LogP contribution in [0.1, 0.15) is 31.2 Å². The van der Waals surface area contributed by atoms with Gasteiger partial charge >= 0.3 is 6.03 Å². The summed E-state index contributed by atoms with van der Waals surface area (Å²) in [6.07, 6.45) is 5.05. The summed E-state index contributed by atoms with van der Waals surface area (Å²) in [5, 5.41) is 2.44. The van der Waals surface area contributed by atoms with Crippen molar-refractivity contribution in [3.05, 3.63) is 23.9 Å². The molecule has 1 spiro atoms. The third-order valence-electron chi connectivity index (χ3n) is 4.21. The zero-order chi connectivity index (χ0) is 14.2. The fourth-order valence-electron chi connectivity index (χ4n) is 3.18. The van der Waals surface area contributed by atoms with E-state index in [1.807, 2.05) is 6.07 Å². The van der Waals surface area contributed by atoms with Gasteiger partial charge in [0.25, 0.3) is 5.91 Å². The summed E-state index contributed by atoms with van der Waals surface area (Å²) < 4.78 is 5.21. The first kappa shape index (κ1) is 12.9. The Hall–Kier alpha value is -2.11. The van der Waals surface area contributed by atoms with E-state index < -0.39 is 5.54 Å². The lowest BCUT2D eigenvalue weighted by molar-refractivity contribution is -0.126. The van der Waals surface area contributed by atoms with Crippen molar-refractivity contribution in [3.63, 3.8) is 0 Å². The molecule has 1 aliphatic carbocycles. The normalized spacial score (nSPS) is 20.6. The molecule has 1 aromatic heterocycles. The molecule has 1 aliphatic heterocycles. The molecule has 0 aromatic carbocycles. The number of nitrogens with zero attached hydrogens (tertiary/aromatic N) is 2. The zero-order valence-electron chi connectivity index (χ0n) is 11.4. The second-order valence-corrected chi connectivity index (χ2v) is 5.26. The summed E-state index contributed by atoms with van der Waals surface area (Å²) in [5.74, 6) is 0.329. The van der Waals surface area contributed by atoms with Crippen LogP contribution >= 0.6 is 0 Å². The van der Waals surface area contributed by atoms with E-state index in [2.05, 4.69) is 10.3 Å². The molecule has 3 rings (SSSR count). The van der Waals surface area contributed by atoms with Gasteiger partial charge < -0.3 is 9.64 Å². The van der Waals surface area contributed by atoms with Gasteiger partial charge in [0, 0.05) is 11.8 Å². The van der Waals surface area contributed by atoms with Crippen molar-refractivity contribution < 1.29 is 14.3 Å². The van der Waals surface area contributed by atoms with E-state index in [-0.39, 0.29) is 11.9 Å². The molecule has 6 nitrogen and oxygen atoms in total. The number of amides is 3. The van der Waals surface area contributed by atoms with Crippen LogP contribution in [0.5, 0.6) is 5.88 Å². The van der Waals surface area contributed by atoms with Crippen molar-refractivity contribution in [2.24, 2.45) is 0 Å². The first-order valence-corrected chi connectivity index (χ1v) is 6.78. The Morgan fingerprint density at radius 3 is 2.85 bits per heavy atom. The minimum atomic E-state index is -0.669. The van der Waals surface area contributed by atoms with Gasteiger partial charge in [0.05, 0.1) is 13.7 Å². The highest BCUT2D eigenvalue weighted by Crippen LogP contribution is 2.39. The highest BCUT2D eigenvalue weighted by Gasteiger charge is 2.54. The maximum atomic E-state index is 12.1. The maximum absolute atomic E-state index is 12.1. The standard InChI is InChI=1S/C14H17N3O3/c1-20-11-10(5-4-8-15-11)9-17-13(19)16-12(18)14(17)6-2-3-7-14/h4-5,8H,2-3,6-7,9H2,1H3,(H,16,18,19). The van der Waals surface area contributed by atoms with Gasteiger partial charge in [-0.25, -0.2) is 9.78 Å². The number of rotatable bonds is 3. The molecule has 3 amide bonds. The summed E-state index contributed by atoms with van der Waals surface area (Å²) in [6.45, 7) is 0.342. The summed E-state index contributed by atoms with van der Waals surface area (Å²) >= 11 is 0. The van der Waals surface area contributed by atoms with E-state index in [1.54, 1.807) is 24.3 Å². The zero-order valence-corrected chi connectivity index (χ0v) is 11.4. The molecule has 1 N–H and O–H groups in total. The van der Waals surface area contributed by atoms with Crippen LogP contribution in [0, 0.1) is 0 Å². The number of carbonyl (C=O) groups excluding carboxylic acids is 2. The van der Waals surface area contributed by atoms with Crippen LogP contribution in [0.3, 0.4) is 0 Å². The average molecular weight is 275 g/mol. The van der Waals surface area contributed by atoms with Crippen LogP contribution in [0.4, 0.5) is 4.79 Å². The van der Waals surface area contributed by atoms with Crippen LogP contribution in [0.15, 0.2) is 18.3 Å². The van der Waals surface area contributed by atoms with Gasteiger partial charge in [0.15, 0.2) is 0 Å². The minimum absolute atomic E-state index is 0.164. The highest BCUT2D eigenvalue weighted by atomic mass is 16.5. The quantitative estimate of drug-likeness (QED) is 0.848. The number of carbonyl (C=O) groups is 2. The van der Waals surface area contributed by atoms with E-state index >= 15 is 0 Å². The number of urea groups is 1. The van der Waals surface area contributed by atoms with Crippen molar-refractivity contribution in [1.82, 2.24) is 15.2 Å². The number of imide groups is 1. The number of ether oxygens (including phenoxy) is 1. The van der Waals surface area contributed by atoms with Gasteiger partial charge in [0.1, 0.15) is 5.54 Å². The fourth-order valence-corrected chi connectivity index (χ4v) is 3.18. The number of pyridine rings is 1. The lowest BCUT2D eigenvalue weighted by Gasteiger charge is -2.31. The predicted molar refractivity (Wildman–Crippen MR) is 71.1 cm³/mol. The van der Waals surface area contributed by atoms with Crippen molar-refractivity contribution in [1.29, 1.82) is 0 Å². The van der Waals surface area contributed by atoms with Crippen molar-refractivity contribution in [2.75, 3.05) is 7.11 Å². The molecule has 6 heteroatoms. The number of nitrogens with one attached hydrogen (secondary N) is 1. The van der Waals surface area contributed by atoms with Gasteiger partial charge in [-0.1, -0.05) is 18.9 Å². The SMILES string of the molecule is COc1ncccc1CN1C(=O)NC(=O)C12CCCC2. The average Bonchev–Trinajstić information content (AvgIpc) is 3.02. The summed E-state index contributed by atoms with van der Waals surface area (Å²) in [5.41, 5.74) is 0.143. The van der Waals surface area contributed by atoms with E-state index in [0.29, 0.717) is 12.4 Å². The number of aromatic nitrogens is 1. The van der Waals surface area contributed by atoms with Crippen molar-refractivity contribution in [2.45, 2.75) is 37.8 Å². The Kier molecular flexibility index (Phi) is 3.08. The summed E-state index contributed by atoms with van der Waals surface area (Å²) in [7, 11) is 1.55. The van der Waals surface area contributed by atoms with Gasteiger partial charge in [-0.2, -0.15) is 0 Å². The predicted octanol–water partition coefficient (Wildman–Crippen LogP) is 1.45. The Balaban J connectivity index is 1.92. The van der Waals surface area contributed by atoms with Crippen LogP contribution < -0.4 is 10.1 Å². The molecular formula is C14H17N3O3. The molecule has 20 heavy (non-hydrogen) atoms. The summed E-state index contributed by atoms with van der Waals surface area (Å²) in [4.78, 5) is 30.0. The van der Waals surface area contributed by atoms with Crippen LogP contribution in [0.2, 0.25) is 0 Å². The Morgan fingerprint density at radius 2 is 2.15 bits per heavy atom. The Morgan fingerprint density at radius 1 is 1.40 bits per heavy atom. The molecule has 106 valence electrons. The molecule has 0 radical (unpaired) electrons. The molecule has 2 aliphatic rings. The van der Waals surface area contributed by atoms with Crippen molar-refractivity contribution in [3.8, 4) is 5.88 Å². The third-order valence-corrected chi connectivity index (χ3v) is 4.21. The van der Waals surface area contributed by atoms with E-state index in [1.165, 1.54) is 0 Å². The number of hydrogen-bond donors (Lipinski definition) is 1. The first-order valence-electron chi connectivity index (χ1n) is 6.78. The van der Waals surface area contributed by atoms with E-state index in [0.717, 1.165) is 31.2 Å². The summed E-state index contributed by atoms with van der Waals surface area (Å²) in [6, 6.07) is 3.35. The molecule has 2 heterocycles. The molecular weight excluding hydrogens is 258 g/mol. The highest BCUT2D eigenvalue weighted by molar-refractivity contribution is 6.07. The smallest absolute Gasteiger partial charge is 0.325 e.